The molecule has 0 unspecified atom stereocenters. The quantitative estimate of drug-likeness (QED) is 0.400. The van der Waals surface area contributed by atoms with Gasteiger partial charge in [0.25, 0.3) is 0 Å². The van der Waals surface area contributed by atoms with Gasteiger partial charge in [-0.25, -0.2) is 0 Å². The summed E-state index contributed by atoms with van der Waals surface area (Å²) < 4.78 is 11.0. The van der Waals surface area contributed by atoms with Crippen molar-refractivity contribution >= 4 is 15.9 Å². The van der Waals surface area contributed by atoms with Crippen LogP contribution in [0.2, 0.25) is 0 Å². The van der Waals surface area contributed by atoms with Crippen molar-refractivity contribution < 1.29 is 28.3 Å². The molecule has 0 amide bonds. The van der Waals surface area contributed by atoms with Gasteiger partial charge in [-0.15, -0.1) is 12.1 Å². The average molecular weight is 207 g/mol. The minimum absolute atomic E-state index is 0. The Morgan fingerprint density at radius 2 is 2.18 bits per heavy atom. The molecule has 11 heavy (non-hydrogen) atoms. The second kappa shape index (κ2) is 3.53. The largest absolute Gasteiger partial charge is 1.00 e. The molecule has 0 spiro atoms. The van der Waals surface area contributed by atoms with E-state index in [-0.39, 0.29) is 18.9 Å². The molecule has 1 aliphatic rings. The van der Waals surface area contributed by atoms with Crippen molar-refractivity contribution in [1.29, 1.82) is 0 Å². The fourth-order valence-corrected chi connectivity index (χ4v) is 1.12. The Morgan fingerprint density at radius 3 is 3.00 bits per heavy atom. The fourth-order valence-electron chi connectivity index (χ4n) is 0.809. The van der Waals surface area contributed by atoms with Crippen LogP contribution in [0.1, 0.15) is 0 Å². The van der Waals surface area contributed by atoms with Crippen LogP contribution in [0.3, 0.4) is 0 Å². The van der Waals surface area contributed by atoms with E-state index in [0.717, 1.165) is 10.2 Å². The summed E-state index contributed by atoms with van der Waals surface area (Å²) in [4.78, 5) is 0. The van der Waals surface area contributed by atoms with Gasteiger partial charge in [0.1, 0.15) is 0 Å². The van der Waals surface area contributed by atoms with Crippen LogP contribution >= 0.6 is 15.9 Å². The Kier molecular flexibility index (Phi) is 2.89. The van der Waals surface area contributed by atoms with Gasteiger partial charge in [-0.05, 0) is 0 Å². The molecule has 0 radical (unpaired) electrons. The summed E-state index contributed by atoms with van der Waals surface area (Å²) in [6, 6.07) is 6.68. The van der Waals surface area contributed by atoms with E-state index >= 15 is 0 Å². The molecule has 0 aliphatic carbocycles. The van der Waals surface area contributed by atoms with E-state index in [0.29, 0.717) is 12.5 Å². The zero-order chi connectivity index (χ0) is 6.97. The first-order valence-corrected chi connectivity index (χ1v) is 3.63. The zero-order valence-electron chi connectivity index (χ0n) is 6.06. The van der Waals surface area contributed by atoms with Crippen LogP contribution in [0, 0.1) is 6.07 Å². The van der Waals surface area contributed by atoms with E-state index in [2.05, 4.69) is 22.0 Å². The van der Waals surface area contributed by atoms with E-state index in [9.17, 15) is 0 Å². The summed E-state index contributed by atoms with van der Waals surface area (Å²) in [5.74, 6) is 1.46. The molecule has 1 heterocycles. The predicted octanol–water partition coefficient (Wildman–Crippen LogP) is -1.02. The van der Waals surface area contributed by atoms with Gasteiger partial charge < -0.3 is 9.47 Å². The summed E-state index contributed by atoms with van der Waals surface area (Å²) in [5.41, 5.74) is 0. The van der Waals surface area contributed by atoms with Crippen molar-refractivity contribution in [1.82, 2.24) is 0 Å². The van der Waals surface area contributed by atoms with Gasteiger partial charge in [-0.1, -0.05) is 20.4 Å². The maximum Gasteiger partial charge on any atom is 1.00 e. The third kappa shape index (κ3) is 1.73. The molecule has 1 aromatic rings. The van der Waals surface area contributed by atoms with Gasteiger partial charge in [-0.2, -0.15) is 6.07 Å². The van der Waals surface area contributed by atoms with Gasteiger partial charge in [0.15, 0.2) is 0 Å². The topological polar surface area (TPSA) is 18.5 Å². The minimum atomic E-state index is 0. The molecule has 0 atom stereocenters. The molecule has 1 aromatic carbocycles. The number of halogens is 1. The third-order valence-corrected chi connectivity index (χ3v) is 1.72. The molecule has 0 aromatic heterocycles. The van der Waals surface area contributed by atoms with Gasteiger partial charge in [0.2, 0.25) is 6.79 Å². The first-order chi connectivity index (χ1) is 4.86. The van der Waals surface area contributed by atoms with E-state index in [1.54, 1.807) is 0 Å². The smallest absolute Gasteiger partial charge is 0.516 e. The van der Waals surface area contributed by atoms with Crippen molar-refractivity contribution in [2.75, 3.05) is 6.79 Å². The number of fused-ring (bicyclic) bond motifs is 1. The van der Waals surface area contributed by atoms with Crippen molar-refractivity contribution in [3.63, 3.8) is 0 Å². The summed E-state index contributed by atoms with van der Waals surface area (Å²) >= 11 is 3.27. The van der Waals surface area contributed by atoms with Gasteiger partial charge in [-0.3, -0.25) is 0 Å². The number of hydrogen-bond acceptors (Lipinski definition) is 2. The van der Waals surface area contributed by atoms with Crippen molar-refractivity contribution in [2.24, 2.45) is 0 Å². The van der Waals surface area contributed by atoms with E-state index < -0.39 is 0 Å². The maximum atomic E-state index is 5.08. The molecular formula is C7H4BrLiO2. The Labute approximate surface area is 85.2 Å². The Morgan fingerprint density at radius 1 is 1.36 bits per heavy atom. The number of benzene rings is 1. The zero-order valence-corrected chi connectivity index (χ0v) is 7.64. The number of ether oxygens (including phenoxy) is 2. The van der Waals surface area contributed by atoms with Crippen LogP contribution < -0.4 is 28.3 Å². The SMILES string of the molecule is Brc1[c-]c2c(cc1)OCO2.[Li+]. The van der Waals surface area contributed by atoms with Crippen molar-refractivity contribution in [2.45, 2.75) is 0 Å². The van der Waals surface area contributed by atoms with Crippen LogP contribution in [0.25, 0.3) is 0 Å². The number of hydrogen-bond donors (Lipinski definition) is 0. The molecule has 1 aliphatic heterocycles. The molecule has 0 N–H and O–H groups in total. The summed E-state index contributed by atoms with van der Waals surface area (Å²) in [6.45, 7) is 0.308. The van der Waals surface area contributed by atoms with Crippen LogP contribution in [-0.2, 0) is 0 Å². The monoisotopic (exact) mass is 206 g/mol. The van der Waals surface area contributed by atoms with E-state index in [1.165, 1.54) is 0 Å². The van der Waals surface area contributed by atoms with Crippen LogP contribution in [0.15, 0.2) is 16.6 Å². The van der Waals surface area contributed by atoms with Crippen LogP contribution in [-0.4, -0.2) is 6.79 Å². The first kappa shape index (κ1) is 8.99. The fraction of sp³-hybridized carbons (Fsp3) is 0.143. The van der Waals surface area contributed by atoms with Crippen molar-refractivity contribution in [3.05, 3.63) is 22.7 Å². The van der Waals surface area contributed by atoms with Gasteiger partial charge in [0, 0.05) is 0 Å². The van der Waals surface area contributed by atoms with E-state index in [4.69, 9.17) is 9.47 Å². The Bertz CT molecular complexity index is 265. The summed E-state index contributed by atoms with van der Waals surface area (Å²) in [6.07, 6.45) is 0. The normalized spacial score (nSPS) is 12.5. The molecule has 0 fully saturated rings. The molecule has 2 rings (SSSR count). The Hall–Kier alpha value is -0.103. The minimum Gasteiger partial charge on any atom is -0.516 e. The third-order valence-electron chi connectivity index (χ3n) is 1.26. The maximum absolute atomic E-state index is 5.08. The second-order valence-electron chi connectivity index (χ2n) is 1.91. The predicted molar refractivity (Wildman–Crippen MR) is 39.1 cm³/mol. The molecule has 0 bridgehead atoms. The molecule has 4 heteroatoms. The first-order valence-electron chi connectivity index (χ1n) is 2.84. The summed E-state index contributed by atoms with van der Waals surface area (Å²) in [5, 5.41) is 0. The second-order valence-corrected chi connectivity index (χ2v) is 2.76. The molecule has 52 valence electrons. The standard InChI is InChI=1S/C7H4BrO2.Li/c8-5-1-2-6-7(3-5)10-4-9-6;/h1-2H,4H2;/q-1;+1. The number of rotatable bonds is 0. The molecule has 2 nitrogen and oxygen atoms in total. The average Bonchev–Trinajstić information content (AvgIpc) is 2.33. The molecule has 0 saturated heterocycles. The van der Waals surface area contributed by atoms with Crippen LogP contribution in [0.4, 0.5) is 0 Å². The van der Waals surface area contributed by atoms with Gasteiger partial charge >= 0.3 is 18.9 Å². The summed E-state index contributed by atoms with van der Waals surface area (Å²) in [7, 11) is 0. The van der Waals surface area contributed by atoms with Crippen LogP contribution in [0.5, 0.6) is 11.5 Å². The van der Waals surface area contributed by atoms with Gasteiger partial charge in [0.05, 0.1) is 11.5 Å². The van der Waals surface area contributed by atoms with E-state index in [1.807, 2.05) is 12.1 Å². The van der Waals surface area contributed by atoms with Crippen molar-refractivity contribution in [3.8, 4) is 11.5 Å². The molecule has 0 saturated carbocycles. The molecular weight excluding hydrogens is 203 g/mol. The Balaban J connectivity index is 0.000000605.